The van der Waals surface area contributed by atoms with Crippen molar-refractivity contribution in [3.8, 4) is 0 Å². The third-order valence-electron chi connectivity index (χ3n) is 5.71. The predicted octanol–water partition coefficient (Wildman–Crippen LogP) is 6.33. The second-order valence-electron chi connectivity index (χ2n) is 7.89. The van der Waals surface area contributed by atoms with Crippen LogP contribution in [0.3, 0.4) is 0 Å². The Morgan fingerprint density at radius 3 is 2.12 bits per heavy atom. The number of aryl methyl sites for hydroxylation is 1. The Balaban J connectivity index is 0.00000385. The molecule has 0 aromatic heterocycles. The SMILES string of the molecule is Cc1cc([C@@H]2CNCC[C@H]2N(C)C(=O)c2cc(C(F)(F)F)cc(C(F)(F)F)c2)ccc1Cl.Cl. The zero-order valence-corrected chi connectivity index (χ0v) is 19.2. The third kappa shape index (κ3) is 6.13. The summed E-state index contributed by atoms with van der Waals surface area (Å²) in [7, 11) is 1.40. The topological polar surface area (TPSA) is 32.3 Å². The van der Waals surface area contributed by atoms with Crippen molar-refractivity contribution < 1.29 is 31.1 Å². The summed E-state index contributed by atoms with van der Waals surface area (Å²) >= 11 is 6.09. The van der Waals surface area contributed by atoms with Gasteiger partial charge in [0.05, 0.1) is 11.1 Å². The maximum Gasteiger partial charge on any atom is 0.416 e. The lowest BCUT2D eigenvalue weighted by Crippen LogP contribution is -2.49. The van der Waals surface area contributed by atoms with Crippen LogP contribution in [0.5, 0.6) is 0 Å². The highest BCUT2D eigenvalue weighted by Gasteiger charge is 2.39. The maximum atomic E-state index is 13.2. The number of carbonyl (C=O) groups is 1. The van der Waals surface area contributed by atoms with Crippen LogP contribution in [0.15, 0.2) is 36.4 Å². The van der Waals surface area contributed by atoms with Crippen LogP contribution in [0.4, 0.5) is 26.3 Å². The van der Waals surface area contributed by atoms with E-state index in [2.05, 4.69) is 5.32 Å². The number of hydrogen-bond acceptors (Lipinski definition) is 2. The summed E-state index contributed by atoms with van der Waals surface area (Å²) in [5, 5.41) is 3.79. The highest BCUT2D eigenvalue weighted by molar-refractivity contribution is 6.31. The van der Waals surface area contributed by atoms with Gasteiger partial charge in [0.15, 0.2) is 0 Å². The molecule has 2 atom stereocenters. The number of alkyl halides is 6. The molecule has 33 heavy (non-hydrogen) atoms. The van der Waals surface area contributed by atoms with Crippen LogP contribution >= 0.6 is 24.0 Å². The molecule has 1 heterocycles. The molecule has 1 amide bonds. The van der Waals surface area contributed by atoms with Gasteiger partial charge in [0.1, 0.15) is 0 Å². The lowest BCUT2D eigenvalue weighted by Gasteiger charge is -2.39. The van der Waals surface area contributed by atoms with E-state index in [1.165, 1.54) is 11.9 Å². The summed E-state index contributed by atoms with van der Waals surface area (Å²) in [4.78, 5) is 14.3. The summed E-state index contributed by atoms with van der Waals surface area (Å²) in [6.07, 6.45) is -9.56. The molecule has 2 aromatic carbocycles. The normalized spacial score (nSPS) is 19.1. The van der Waals surface area contributed by atoms with Crippen LogP contribution in [0.1, 0.15) is 45.0 Å². The number of benzene rings is 2. The van der Waals surface area contributed by atoms with Crippen molar-refractivity contribution in [3.63, 3.8) is 0 Å². The van der Waals surface area contributed by atoms with Crippen molar-refractivity contribution in [3.05, 3.63) is 69.2 Å². The first-order chi connectivity index (χ1) is 14.8. The van der Waals surface area contributed by atoms with Crippen LogP contribution < -0.4 is 5.32 Å². The Bertz CT molecular complexity index is 977. The molecule has 3 rings (SSSR count). The number of rotatable bonds is 3. The van der Waals surface area contributed by atoms with Crippen molar-refractivity contribution in [2.24, 2.45) is 0 Å². The van der Waals surface area contributed by atoms with E-state index in [-0.39, 0.29) is 24.4 Å². The quantitative estimate of drug-likeness (QED) is 0.485. The van der Waals surface area contributed by atoms with Gasteiger partial charge >= 0.3 is 12.4 Å². The molecule has 2 aromatic rings. The largest absolute Gasteiger partial charge is 0.416 e. The number of likely N-dealkylation sites (N-methyl/N-ethyl adjacent to an activating group) is 1. The van der Waals surface area contributed by atoms with Crippen LogP contribution in [0.2, 0.25) is 5.02 Å². The van der Waals surface area contributed by atoms with Crippen LogP contribution in [-0.2, 0) is 12.4 Å². The summed E-state index contributed by atoms with van der Waals surface area (Å²) in [6, 6.07) is 5.94. The molecule has 1 saturated heterocycles. The fourth-order valence-electron chi connectivity index (χ4n) is 3.98. The molecular formula is C22H22Cl2F6N2O. The fourth-order valence-corrected chi connectivity index (χ4v) is 4.10. The number of nitrogens with one attached hydrogen (secondary N) is 1. The van der Waals surface area contributed by atoms with Gasteiger partial charge in [-0.25, -0.2) is 0 Å². The molecule has 0 spiro atoms. The Hall–Kier alpha value is -1.97. The smallest absolute Gasteiger partial charge is 0.338 e. The first-order valence-corrected chi connectivity index (χ1v) is 10.2. The highest BCUT2D eigenvalue weighted by Crippen LogP contribution is 2.37. The molecule has 1 N–H and O–H groups in total. The Kier molecular flexibility index (Phi) is 8.36. The van der Waals surface area contributed by atoms with E-state index >= 15 is 0 Å². The summed E-state index contributed by atoms with van der Waals surface area (Å²) in [5.74, 6) is -1.11. The van der Waals surface area contributed by atoms with Gasteiger partial charge in [-0.3, -0.25) is 4.79 Å². The van der Waals surface area contributed by atoms with E-state index in [0.29, 0.717) is 36.7 Å². The van der Waals surface area contributed by atoms with Gasteiger partial charge in [-0.05, 0) is 55.3 Å². The molecule has 3 nitrogen and oxygen atoms in total. The third-order valence-corrected chi connectivity index (χ3v) is 6.13. The minimum Gasteiger partial charge on any atom is -0.338 e. The van der Waals surface area contributed by atoms with E-state index in [4.69, 9.17) is 11.6 Å². The second-order valence-corrected chi connectivity index (χ2v) is 8.29. The lowest BCUT2D eigenvalue weighted by atomic mass is 9.85. The Morgan fingerprint density at radius 2 is 1.61 bits per heavy atom. The first-order valence-electron chi connectivity index (χ1n) is 9.82. The molecule has 0 unspecified atom stereocenters. The molecule has 0 aliphatic carbocycles. The van der Waals surface area contributed by atoms with E-state index in [0.717, 1.165) is 11.1 Å². The molecular weight excluding hydrogens is 493 g/mol. The highest BCUT2D eigenvalue weighted by atomic mass is 35.5. The molecule has 0 saturated carbocycles. The average Bonchev–Trinajstić information content (AvgIpc) is 2.73. The first kappa shape index (κ1) is 27.3. The van der Waals surface area contributed by atoms with Crippen molar-refractivity contribution in [1.29, 1.82) is 0 Å². The average molecular weight is 515 g/mol. The Morgan fingerprint density at radius 1 is 1.03 bits per heavy atom. The summed E-state index contributed by atoms with van der Waals surface area (Å²) < 4.78 is 79.2. The van der Waals surface area contributed by atoms with Gasteiger partial charge in [-0.15, -0.1) is 12.4 Å². The van der Waals surface area contributed by atoms with Crippen molar-refractivity contribution in [2.45, 2.75) is 37.7 Å². The molecule has 1 aliphatic rings. The number of halogens is 8. The van der Waals surface area contributed by atoms with E-state index in [1.54, 1.807) is 6.07 Å². The zero-order valence-electron chi connectivity index (χ0n) is 17.6. The second kappa shape index (κ2) is 10.1. The van der Waals surface area contributed by atoms with Crippen molar-refractivity contribution in [2.75, 3.05) is 20.1 Å². The Labute approximate surface area is 198 Å². The molecule has 0 radical (unpaired) electrons. The molecule has 1 fully saturated rings. The molecule has 1 aliphatic heterocycles. The van der Waals surface area contributed by atoms with Crippen molar-refractivity contribution in [1.82, 2.24) is 10.2 Å². The monoisotopic (exact) mass is 514 g/mol. The lowest BCUT2D eigenvalue weighted by molar-refractivity contribution is -0.143. The minimum absolute atomic E-state index is 0. The molecule has 182 valence electrons. The van der Waals surface area contributed by atoms with Crippen molar-refractivity contribution >= 4 is 29.9 Å². The van der Waals surface area contributed by atoms with Gasteiger partial charge in [-0.1, -0.05) is 23.7 Å². The molecule has 11 heteroatoms. The van der Waals surface area contributed by atoms with Crippen LogP contribution in [0.25, 0.3) is 0 Å². The molecule has 0 bridgehead atoms. The standard InChI is InChI=1S/C22H21ClF6N2O.ClH/c1-12-7-13(3-4-18(12)23)17-11-30-6-5-19(17)31(2)20(32)14-8-15(21(24,25)26)10-16(9-14)22(27,28)29;/h3-4,7-10,17,19,30H,5-6,11H2,1-2H3;1H/t17-,19+;/m0./s1. The van der Waals surface area contributed by atoms with Gasteiger partial charge < -0.3 is 10.2 Å². The maximum absolute atomic E-state index is 13.2. The zero-order chi connectivity index (χ0) is 23.8. The summed E-state index contributed by atoms with van der Waals surface area (Å²) in [6.45, 7) is 2.88. The van der Waals surface area contributed by atoms with Crippen LogP contribution in [0, 0.1) is 6.92 Å². The van der Waals surface area contributed by atoms with Gasteiger partial charge in [0.25, 0.3) is 5.91 Å². The summed E-state index contributed by atoms with van der Waals surface area (Å²) in [5.41, 5.74) is -1.98. The number of hydrogen-bond donors (Lipinski definition) is 1. The minimum atomic E-state index is -5.02. The van der Waals surface area contributed by atoms with E-state index < -0.39 is 41.0 Å². The predicted molar refractivity (Wildman–Crippen MR) is 116 cm³/mol. The van der Waals surface area contributed by atoms with Crippen LogP contribution in [-0.4, -0.2) is 37.0 Å². The van der Waals surface area contributed by atoms with Gasteiger partial charge in [-0.2, -0.15) is 26.3 Å². The number of piperidine rings is 1. The van der Waals surface area contributed by atoms with Gasteiger partial charge in [0, 0.05) is 36.1 Å². The fraction of sp³-hybridized carbons (Fsp3) is 0.409. The van der Waals surface area contributed by atoms with E-state index in [1.807, 2.05) is 19.1 Å². The number of carbonyl (C=O) groups excluding carboxylic acids is 1. The number of nitrogens with zero attached hydrogens (tertiary/aromatic N) is 1. The van der Waals surface area contributed by atoms with Gasteiger partial charge in [0.2, 0.25) is 0 Å². The number of amides is 1. The van der Waals surface area contributed by atoms with E-state index in [9.17, 15) is 31.1 Å².